The number of benzene rings is 1. The van der Waals surface area contributed by atoms with E-state index in [0.717, 1.165) is 6.54 Å². The Hall–Kier alpha value is -0.470. The van der Waals surface area contributed by atoms with E-state index in [1.807, 2.05) is 0 Å². The summed E-state index contributed by atoms with van der Waals surface area (Å²) in [5, 5.41) is 4.23. The Kier molecular flexibility index (Phi) is 7.38. The topological polar surface area (TPSA) is 12.0 Å². The van der Waals surface area contributed by atoms with Crippen LogP contribution >= 0.6 is 11.8 Å². The van der Waals surface area contributed by atoms with Crippen LogP contribution in [-0.4, -0.2) is 17.5 Å². The summed E-state index contributed by atoms with van der Waals surface area (Å²) < 4.78 is 0. The highest BCUT2D eigenvalue weighted by atomic mass is 32.2. The third-order valence-corrected chi connectivity index (χ3v) is 4.25. The molecular formula is C15H25NS. The predicted octanol–water partition coefficient (Wildman–Crippen LogP) is 4.26. The molecule has 0 aromatic heterocycles. The average molecular weight is 251 g/mol. The van der Waals surface area contributed by atoms with Crippen LogP contribution < -0.4 is 5.32 Å². The number of unbranched alkanes of at least 4 members (excludes halogenated alkanes) is 1. The molecule has 2 atom stereocenters. The van der Waals surface area contributed by atoms with E-state index in [-0.39, 0.29) is 0 Å². The monoisotopic (exact) mass is 251 g/mol. The summed E-state index contributed by atoms with van der Waals surface area (Å²) >= 11 is 2.08. The summed E-state index contributed by atoms with van der Waals surface area (Å²) in [5.74, 6) is 1.27. The first-order valence-electron chi connectivity index (χ1n) is 6.69. The van der Waals surface area contributed by atoms with Crippen molar-refractivity contribution in [3.63, 3.8) is 0 Å². The van der Waals surface area contributed by atoms with Crippen molar-refractivity contribution >= 4 is 11.8 Å². The Morgan fingerprint density at radius 1 is 1.18 bits per heavy atom. The Bertz CT molecular complexity index is 286. The fraction of sp³-hybridized carbons (Fsp3) is 0.600. The molecule has 2 unspecified atom stereocenters. The smallest absolute Gasteiger partial charge is 0.0437 e. The molecule has 0 fully saturated rings. The molecule has 0 aliphatic carbocycles. The Balaban J connectivity index is 2.58. The van der Waals surface area contributed by atoms with E-state index in [0.29, 0.717) is 11.3 Å². The minimum Gasteiger partial charge on any atom is -0.309 e. The molecule has 0 amide bonds. The molecule has 1 aromatic carbocycles. The molecule has 1 rings (SSSR count). The number of hydrogen-bond donors (Lipinski definition) is 1. The summed E-state index contributed by atoms with van der Waals surface area (Å²) in [4.78, 5) is 0. The Labute approximate surface area is 110 Å². The highest BCUT2D eigenvalue weighted by Crippen LogP contribution is 2.26. The fourth-order valence-electron chi connectivity index (χ4n) is 1.94. The molecule has 0 aliphatic rings. The van der Waals surface area contributed by atoms with Gasteiger partial charge < -0.3 is 5.32 Å². The normalized spacial score (nSPS) is 14.5. The lowest BCUT2D eigenvalue weighted by Crippen LogP contribution is -2.28. The molecule has 0 radical (unpaired) electrons. The largest absolute Gasteiger partial charge is 0.309 e. The molecule has 1 N–H and O–H groups in total. The van der Waals surface area contributed by atoms with E-state index in [1.165, 1.54) is 24.2 Å². The zero-order chi connectivity index (χ0) is 12.5. The van der Waals surface area contributed by atoms with Gasteiger partial charge in [-0.3, -0.25) is 0 Å². The first-order valence-corrected chi connectivity index (χ1v) is 7.74. The van der Waals surface area contributed by atoms with Crippen LogP contribution in [0.5, 0.6) is 0 Å². The SMILES string of the molecule is CCCCSC(C)C(NCC)c1ccccc1. The molecule has 0 aliphatic heterocycles. The van der Waals surface area contributed by atoms with Crippen molar-refractivity contribution in [3.8, 4) is 0 Å². The van der Waals surface area contributed by atoms with Crippen molar-refractivity contribution in [1.82, 2.24) is 5.32 Å². The van der Waals surface area contributed by atoms with Gasteiger partial charge in [-0.25, -0.2) is 0 Å². The van der Waals surface area contributed by atoms with Crippen LogP contribution in [0.15, 0.2) is 30.3 Å². The lowest BCUT2D eigenvalue weighted by atomic mass is 10.0. The van der Waals surface area contributed by atoms with Crippen molar-refractivity contribution < 1.29 is 0 Å². The molecule has 0 spiro atoms. The minimum absolute atomic E-state index is 0.475. The molecule has 0 bridgehead atoms. The van der Waals surface area contributed by atoms with Gasteiger partial charge >= 0.3 is 0 Å². The van der Waals surface area contributed by atoms with Crippen molar-refractivity contribution in [1.29, 1.82) is 0 Å². The van der Waals surface area contributed by atoms with E-state index in [9.17, 15) is 0 Å². The van der Waals surface area contributed by atoms with E-state index >= 15 is 0 Å². The maximum Gasteiger partial charge on any atom is 0.0437 e. The maximum atomic E-state index is 3.60. The van der Waals surface area contributed by atoms with Crippen LogP contribution in [0, 0.1) is 0 Å². The zero-order valence-electron chi connectivity index (χ0n) is 11.3. The van der Waals surface area contributed by atoms with Crippen molar-refractivity contribution in [2.75, 3.05) is 12.3 Å². The number of hydrogen-bond acceptors (Lipinski definition) is 2. The second-order valence-electron chi connectivity index (χ2n) is 4.38. The van der Waals surface area contributed by atoms with Gasteiger partial charge in [0, 0.05) is 11.3 Å². The van der Waals surface area contributed by atoms with Crippen molar-refractivity contribution in [2.45, 2.75) is 44.9 Å². The third kappa shape index (κ3) is 5.13. The molecule has 0 saturated heterocycles. The molecule has 1 nitrogen and oxygen atoms in total. The molecular weight excluding hydrogens is 226 g/mol. The summed E-state index contributed by atoms with van der Waals surface area (Å²) in [6.07, 6.45) is 2.61. The van der Waals surface area contributed by atoms with E-state index in [4.69, 9.17) is 0 Å². The van der Waals surface area contributed by atoms with Gasteiger partial charge in [-0.1, -0.05) is 57.5 Å². The van der Waals surface area contributed by atoms with Crippen LogP contribution in [0.4, 0.5) is 0 Å². The number of nitrogens with one attached hydrogen (secondary N) is 1. The molecule has 1 aromatic rings. The lowest BCUT2D eigenvalue weighted by molar-refractivity contribution is 0.548. The molecule has 0 heterocycles. The Morgan fingerprint density at radius 3 is 2.47 bits per heavy atom. The van der Waals surface area contributed by atoms with Gasteiger partial charge in [0.2, 0.25) is 0 Å². The highest BCUT2D eigenvalue weighted by Gasteiger charge is 2.17. The number of thioether (sulfide) groups is 1. The molecule has 2 heteroatoms. The van der Waals surface area contributed by atoms with Gasteiger partial charge in [-0.2, -0.15) is 11.8 Å². The summed E-state index contributed by atoms with van der Waals surface area (Å²) in [6.45, 7) is 7.79. The van der Waals surface area contributed by atoms with Crippen LogP contribution in [0.2, 0.25) is 0 Å². The van der Waals surface area contributed by atoms with Gasteiger partial charge in [-0.15, -0.1) is 0 Å². The Morgan fingerprint density at radius 2 is 1.88 bits per heavy atom. The van der Waals surface area contributed by atoms with Gasteiger partial charge in [0.15, 0.2) is 0 Å². The van der Waals surface area contributed by atoms with Gasteiger partial charge in [0.05, 0.1) is 0 Å². The quantitative estimate of drug-likeness (QED) is 0.693. The van der Waals surface area contributed by atoms with E-state index < -0.39 is 0 Å². The van der Waals surface area contributed by atoms with Crippen molar-refractivity contribution in [3.05, 3.63) is 35.9 Å². The zero-order valence-corrected chi connectivity index (χ0v) is 12.1. The van der Waals surface area contributed by atoms with Crippen LogP contribution in [0.1, 0.15) is 45.2 Å². The van der Waals surface area contributed by atoms with Gasteiger partial charge in [0.25, 0.3) is 0 Å². The minimum atomic E-state index is 0.475. The standard InChI is InChI=1S/C15H25NS/c1-4-6-12-17-13(3)15(16-5-2)14-10-8-7-9-11-14/h7-11,13,15-16H,4-6,12H2,1-3H3. The van der Waals surface area contributed by atoms with Crippen LogP contribution in [0.3, 0.4) is 0 Å². The number of rotatable bonds is 8. The van der Waals surface area contributed by atoms with Gasteiger partial charge in [-0.05, 0) is 24.3 Å². The predicted molar refractivity (Wildman–Crippen MR) is 79.7 cm³/mol. The van der Waals surface area contributed by atoms with Crippen molar-refractivity contribution in [2.24, 2.45) is 0 Å². The average Bonchev–Trinajstić information content (AvgIpc) is 2.37. The maximum absolute atomic E-state index is 3.60. The lowest BCUT2D eigenvalue weighted by Gasteiger charge is -2.25. The first-order chi connectivity index (χ1) is 8.29. The van der Waals surface area contributed by atoms with Gasteiger partial charge in [0.1, 0.15) is 0 Å². The molecule has 17 heavy (non-hydrogen) atoms. The summed E-state index contributed by atoms with van der Waals surface area (Å²) in [6, 6.07) is 11.3. The third-order valence-electron chi connectivity index (χ3n) is 2.93. The first kappa shape index (κ1) is 14.6. The molecule has 0 saturated carbocycles. The summed E-state index contributed by atoms with van der Waals surface area (Å²) in [5.41, 5.74) is 1.41. The summed E-state index contributed by atoms with van der Waals surface area (Å²) in [7, 11) is 0. The van der Waals surface area contributed by atoms with Crippen LogP contribution in [0.25, 0.3) is 0 Å². The highest BCUT2D eigenvalue weighted by molar-refractivity contribution is 7.99. The van der Waals surface area contributed by atoms with E-state index in [2.05, 4.69) is 68.2 Å². The second-order valence-corrected chi connectivity index (χ2v) is 5.86. The molecule has 96 valence electrons. The van der Waals surface area contributed by atoms with E-state index in [1.54, 1.807) is 0 Å². The fourth-order valence-corrected chi connectivity index (χ4v) is 3.22. The van der Waals surface area contributed by atoms with Crippen LogP contribution in [-0.2, 0) is 0 Å². The second kappa shape index (κ2) is 8.60.